The van der Waals surface area contributed by atoms with Crippen LogP contribution >= 0.6 is 0 Å². The predicted molar refractivity (Wildman–Crippen MR) is 76.5 cm³/mol. The van der Waals surface area contributed by atoms with Gasteiger partial charge in [-0.15, -0.1) is 0 Å². The Morgan fingerprint density at radius 3 is 2.68 bits per heavy atom. The summed E-state index contributed by atoms with van der Waals surface area (Å²) in [5.41, 5.74) is 1.74. The molecule has 19 heavy (non-hydrogen) atoms. The first-order valence-corrected chi connectivity index (χ1v) is 6.78. The molecule has 0 saturated heterocycles. The second-order valence-corrected chi connectivity index (χ2v) is 5.39. The van der Waals surface area contributed by atoms with Crippen molar-refractivity contribution in [3.63, 3.8) is 0 Å². The molecular formula is C13H20N6. The van der Waals surface area contributed by atoms with Crippen LogP contribution in [0.15, 0.2) is 6.33 Å². The van der Waals surface area contributed by atoms with Crippen LogP contribution in [0.25, 0.3) is 11.2 Å². The molecule has 0 radical (unpaired) electrons. The molecule has 0 unspecified atom stereocenters. The molecular weight excluding hydrogens is 240 g/mol. The molecule has 6 nitrogen and oxygen atoms in total. The second kappa shape index (κ2) is 4.68. The Kier molecular flexibility index (Phi) is 3.00. The topological polar surface area (TPSA) is 58.9 Å². The summed E-state index contributed by atoms with van der Waals surface area (Å²) in [5, 5.41) is 3.52. The average molecular weight is 260 g/mol. The first kappa shape index (κ1) is 12.2. The lowest BCUT2D eigenvalue weighted by atomic mass is 10.2. The minimum absolute atomic E-state index is 0.530. The van der Waals surface area contributed by atoms with Gasteiger partial charge < -0.3 is 10.2 Å². The van der Waals surface area contributed by atoms with Gasteiger partial charge in [0.15, 0.2) is 17.0 Å². The van der Waals surface area contributed by atoms with Gasteiger partial charge >= 0.3 is 0 Å². The van der Waals surface area contributed by atoms with Crippen molar-refractivity contribution in [3.05, 3.63) is 6.33 Å². The first-order valence-electron chi connectivity index (χ1n) is 6.78. The maximum absolute atomic E-state index is 4.66. The van der Waals surface area contributed by atoms with E-state index >= 15 is 0 Å². The predicted octanol–water partition coefficient (Wildman–Crippen LogP) is 1.78. The number of rotatable bonds is 3. The summed E-state index contributed by atoms with van der Waals surface area (Å²) in [6.45, 7) is 0. The van der Waals surface area contributed by atoms with E-state index in [1.807, 2.05) is 30.6 Å². The number of hydrogen-bond acceptors (Lipinski definition) is 5. The molecule has 3 rings (SSSR count). The molecule has 1 fully saturated rings. The number of aryl methyl sites for hydroxylation is 1. The molecule has 0 spiro atoms. The van der Waals surface area contributed by atoms with E-state index in [0.29, 0.717) is 6.04 Å². The molecule has 0 bridgehead atoms. The van der Waals surface area contributed by atoms with Crippen molar-refractivity contribution in [1.29, 1.82) is 0 Å². The quantitative estimate of drug-likeness (QED) is 0.911. The summed E-state index contributed by atoms with van der Waals surface area (Å²) in [6.07, 6.45) is 6.66. The van der Waals surface area contributed by atoms with E-state index in [-0.39, 0.29) is 0 Å². The molecule has 2 aromatic rings. The molecule has 1 N–H and O–H groups in total. The van der Waals surface area contributed by atoms with Crippen molar-refractivity contribution in [1.82, 2.24) is 19.5 Å². The summed E-state index contributed by atoms with van der Waals surface area (Å²) in [6, 6.07) is 0.530. The summed E-state index contributed by atoms with van der Waals surface area (Å²) >= 11 is 0. The van der Waals surface area contributed by atoms with E-state index in [2.05, 4.69) is 20.3 Å². The Morgan fingerprint density at radius 1 is 1.26 bits per heavy atom. The minimum Gasteiger partial charge on any atom is -0.365 e. The largest absolute Gasteiger partial charge is 0.365 e. The lowest BCUT2D eigenvalue weighted by Crippen LogP contribution is -2.16. The van der Waals surface area contributed by atoms with Crippen LogP contribution in [0.2, 0.25) is 0 Å². The molecule has 1 saturated carbocycles. The van der Waals surface area contributed by atoms with Gasteiger partial charge in [0.25, 0.3) is 0 Å². The number of imidazole rings is 1. The van der Waals surface area contributed by atoms with Gasteiger partial charge in [0.2, 0.25) is 5.95 Å². The summed E-state index contributed by atoms with van der Waals surface area (Å²) < 4.78 is 2.00. The fourth-order valence-corrected chi connectivity index (χ4v) is 2.76. The Bertz CT molecular complexity index is 582. The second-order valence-electron chi connectivity index (χ2n) is 5.39. The molecule has 1 aliphatic rings. The van der Waals surface area contributed by atoms with E-state index < -0.39 is 0 Å². The smallest absolute Gasteiger partial charge is 0.207 e. The van der Waals surface area contributed by atoms with Gasteiger partial charge in [-0.1, -0.05) is 12.8 Å². The monoisotopic (exact) mass is 260 g/mol. The van der Waals surface area contributed by atoms with Gasteiger partial charge in [-0.2, -0.15) is 0 Å². The SMILES string of the molecule is CN(C)c1nc2c(NC3CCCC3)ncnc2n1C. The molecule has 0 atom stereocenters. The molecule has 102 valence electrons. The molecule has 0 aliphatic heterocycles. The van der Waals surface area contributed by atoms with Crippen LogP contribution < -0.4 is 10.2 Å². The Balaban J connectivity index is 2.02. The Hall–Kier alpha value is -1.85. The Labute approximate surface area is 112 Å². The zero-order valence-corrected chi connectivity index (χ0v) is 11.7. The molecule has 2 heterocycles. The summed E-state index contributed by atoms with van der Waals surface area (Å²) in [5.74, 6) is 1.76. The summed E-state index contributed by atoms with van der Waals surface area (Å²) in [4.78, 5) is 15.4. The lowest BCUT2D eigenvalue weighted by molar-refractivity contribution is 0.751. The molecule has 6 heteroatoms. The van der Waals surface area contributed by atoms with E-state index in [9.17, 15) is 0 Å². The van der Waals surface area contributed by atoms with E-state index in [1.54, 1.807) is 6.33 Å². The van der Waals surface area contributed by atoms with Crippen LogP contribution in [0.5, 0.6) is 0 Å². The fraction of sp³-hybridized carbons (Fsp3) is 0.615. The third-order valence-electron chi connectivity index (χ3n) is 3.73. The minimum atomic E-state index is 0.530. The van der Waals surface area contributed by atoms with E-state index in [1.165, 1.54) is 25.7 Å². The van der Waals surface area contributed by atoms with E-state index in [4.69, 9.17) is 0 Å². The normalized spacial score (nSPS) is 16.2. The van der Waals surface area contributed by atoms with E-state index in [0.717, 1.165) is 22.9 Å². The highest BCUT2D eigenvalue weighted by Crippen LogP contribution is 2.26. The highest BCUT2D eigenvalue weighted by Gasteiger charge is 2.19. The van der Waals surface area contributed by atoms with Crippen LogP contribution in [0, 0.1) is 0 Å². The highest BCUT2D eigenvalue weighted by molar-refractivity contribution is 5.85. The van der Waals surface area contributed by atoms with Crippen molar-refractivity contribution < 1.29 is 0 Å². The number of nitrogens with zero attached hydrogens (tertiary/aromatic N) is 5. The third-order valence-corrected chi connectivity index (χ3v) is 3.73. The van der Waals surface area contributed by atoms with Crippen LogP contribution in [0.4, 0.5) is 11.8 Å². The third kappa shape index (κ3) is 2.11. The van der Waals surface area contributed by atoms with Gasteiger partial charge in [0.05, 0.1) is 0 Å². The van der Waals surface area contributed by atoms with Crippen molar-refractivity contribution in [2.45, 2.75) is 31.7 Å². The maximum atomic E-state index is 4.66. The molecule has 0 amide bonds. The number of nitrogens with one attached hydrogen (secondary N) is 1. The van der Waals surface area contributed by atoms with Crippen molar-refractivity contribution in [2.75, 3.05) is 24.3 Å². The van der Waals surface area contributed by atoms with Gasteiger partial charge in [-0.3, -0.25) is 4.57 Å². The van der Waals surface area contributed by atoms with Crippen LogP contribution in [-0.2, 0) is 7.05 Å². The fourth-order valence-electron chi connectivity index (χ4n) is 2.76. The van der Waals surface area contributed by atoms with Crippen molar-refractivity contribution in [3.8, 4) is 0 Å². The molecule has 0 aromatic carbocycles. The first-order chi connectivity index (χ1) is 9.16. The lowest BCUT2D eigenvalue weighted by Gasteiger charge is -2.12. The van der Waals surface area contributed by atoms with Crippen molar-refractivity contribution in [2.24, 2.45) is 7.05 Å². The number of aromatic nitrogens is 4. The standard InChI is InChI=1S/C13H20N6/c1-18(2)13-17-10-11(16-9-6-4-5-7-9)14-8-15-12(10)19(13)3/h8-9H,4-7H2,1-3H3,(H,14,15,16). The van der Waals surface area contributed by atoms with Crippen LogP contribution in [-0.4, -0.2) is 39.7 Å². The van der Waals surface area contributed by atoms with Crippen LogP contribution in [0.3, 0.4) is 0 Å². The Morgan fingerprint density at radius 2 is 2.00 bits per heavy atom. The van der Waals surface area contributed by atoms with Gasteiger partial charge in [0.1, 0.15) is 6.33 Å². The highest BCUT2D eigenvalue weighted by atomic mass is 15.3. The van der Waals surface area contributed by atoms with Gasteiger partial charge in [-0.05, 0) is 12.8 Å². The number of fused-ring (bicyclic) bond motifs is 1. The number of hydrogen-bond donors (Lipinski definition) is 1. The molecule has 2 aromatic heterocycles. The zero-order chi connectivity index (χ0) is 13.4. The van der Waals surface area contributed by atoms with Crippen molar-refractivity contribution >= 4 is 22.9 Å². The average Bonchev–Trinajstić information content (AvgIpc) is 2.99. The molecule has 1 aliphatic carbocycles. The van der Waals surface area contributed by atoms with Gasteiger partial charge in [0, 0.05) is 27.2 Å². The number of anilines is 2. The maximum Gasteiger partial charge on any atom is 0.207 e. The van der Waals surface area contributed by atoms with Gasteiger partial charge in [-0.25, -0.2) is 15.0 Å². The van der Waals surface area contributed by atoms with Crippen LogP contribution in [0.1, 0.15) is 25.7 Å². The zero-order valence-electron chi connectivity index (χ0n) is 11.7. The summed E-state index contributed by atoms with van der Waals surface area (Å²) in [7, 11) is 5.95.